The molecule has 0 fully saturated rings. The van der Waals surface area contributed by atoms with E-state index in [0.717, 1.165) is 0 Å². The van der Waals surface area contributed by atoms with Gasteiger partial charge in [0.05, 0.1) is 0 Å². The number of hydrogen-bond donors (Lipinski definition) is 1. The molecule has 6 nitrogen and oxygen atoms in total. The molecule has 23 heavy (non-hydrogen) atoms. The number of carbonyl (C=O) groups is 2. The number of carboxylic acid groups (broad SMARTS) is 1. The van der Waals surface area contributed by atoms with Gasteiger partial charge < -0.3 is 24.9 Å². The van der Waals surface area contributed by atoms with E-state index < -0.39 is 18.6 Å². The van der Waals surface area contributed by atoms with Gasteiger partial charge in [-0.25, -0.2) is 4.79 Å². The van der Waals surface area contributed by atoms with E-state index in [1.165, 1.54) is 18.0 Å². The molecule has 2 amide bonds. The molecule has 0 unspecified atom stereocenters. The minimum atomic E-state index is -2.91. The van der Waals surface area contributed by atoms with E-state index in [0.29, 0.717) is 12.0 Å². The van der Waals surface area contributed by atoms with Crippen LogP contribution in [0.1, 0.15) is 12.0 Å². The van der Waals surface area contributed by atoms with E-state index in [1.54, 1.807) is 18.2 Å². The standard InChI is InChI=1S/C14H18F2N2O4.K/c1-18(9-7-12(19)20)14(21)17-8-6-10-4-2-3-5-11(10)22-13(15)16;/h2-5,13H,6-9H2,1H3,(H,17,21)(H,19,20);/q;+1/p-1. The quantitative estimate of drug-likeness (QED) is 0.529. The normalized spacial score (nSPS) is 9.91. The summed E-state index contributed by atoms with van der Waals surface area (Å²) >= 11 is 0. The van der Waals surface area contributed by atoms with Crippen LogP contribution in [0.3, 0.4) is 0 Å². The molecule has 0 saturated carbocycles. The molecule has 9 heteroatoms. The van der Waals surface area contributed by atoms with Gasteiger partial charge >= 0.3 is 64.0 Å². The molecular formula is C14H17F2KN2O4. The second-order valence-corrected chi connectivity index (χ2v) is 4.51. The number of amides is 2. The topological polar surface area (TPSA) is 81.7 Å². The van der Waals surface area contributed by atoms with Gasteiger partial charge in [-0.2, -0.15) is 8.78 Å². The summed E-state index contributed by atoms with van der Waals surface area (Å²) in [6, 6.07) is 5.86. The van der Waals surface area contributed by atoms with Gasteiger partial charge in [0.1, 0.15) is 5.75 Å². The van der Waals surface area contributed by atoms with Crippen molar-refractivity contribution < 1.29 is 79.6 Å². The van der Waals surface area contributed by atoms with Crippen LogP contribution in [0.15, 0.2) is 24.3 Å². The van der Waals surface area contributed by atoms with Crippen LogP contribution in [-0.4, -0.2) is 43.6 Å². The van der Waals surface area contributed by atoms with E-state index in [9.17, 15) is 23.5 Å². The molecule has 0 aliphatic carbocycles. The number of benzene rings is 1. The Balaban J connectivity index is 0.00000484. The van der Waals surface area contributed by atoms with Gasteiger partial charge in [0, 0.05) is 32.5 Å². The average molecular weight is 354 g/mol. The van der Waals surface area contributed by atoms with Crippen molar-refractivity contribution >= 4 is 12.0 Å². The van der Waals surface area contributed by atoms with E-state index in [1.807, 2.05) is 0 Å². The van der Waals surface area contributed by atoms with Crippen molar-refractivity contribution in [1.82, 2.24) is 10.2 Å². The zero-order chi connectivity index (χ0) is 16.5. The van der Waals surface area contributed by atoms with Crippen molar-refractivity contribution in [3.63, 3.8) is 0 Å². The number of urea groups is 1. The van der Waals surface area contributed by atoms with Crippen LogP contribution in [0.2, 0.25) is 0 Å². The molecule has 0 atom stereocenters. The first kappa shape index (κ1) is 22.3. The van der Waals surface area contributed by atoms with Gasteiger partial charge in [0.2, 0.25) is 0 Å². The molecule has 0 heterocycles. The summed E-state index contributed by atoms with van der Waals surface area (Å²) in [6.45, 7) is -2.68. The number of rotatable bonds is 8. The molecule has 1 aromatic rings. The van der Waals surface area contributed by atoms with E-state index in [-0.39, 0.29) is 76.6 Å². The second-order valence-electron chi connectivity index (χ2n) is 4.51. The Hall–Kier alpha value is -0.744. The molecule has 0 aliphatic rings. The Kier molecular flexibility index (Phi) is 11.4. The number of nitrogens with zero attached hydrogens (tertiary/aromatic N) is 1. The summed E-state index contributed by atoms with van der Waals surface area (Å²) in [7, 11) is 1.45. The third-order valence-electron chi connectivity index (χ3n) is 2.86. The molecule has 1 aromatic carbocycles. The third-order valence-corrected chi connectivity index (χ3v) is 2.86. The minimum Gasteiger partial charge on any atom is -0.550 e. The Morgan fingerprint density at radius 2 is 2.00 bits per heavy atom. The summed E-state index contributed by atoms with van der Waals surface area (Å²) in [5, 5.41) is 12.9. The fourth-order valence-electron chi connectivity index (χ4n) is 1.72. The predicted molar refractivity (Wildman–Crippen MR) is 72.4 cm³/mol. The van der Waals surface area contributed by atoms with E-state index >= 15 is 0 Å². The number of hydrogen-bond acceptors (Lipinski definition) is 4. The first-order chi connectivity index (χ1) is 10.4. The Morgan fingerprint density at radius 3 is 2.61 bits per heavy atom. The molecule has 0 aliphatic heterocycles. The number of aliphatic carboxylic acids is 1. The maximum atomic E-state index is 12.3. The van der Waals surface area contributed by atoms with Gasteiger partial charge in [0.15, 0.2) is 0 Å². The Morgan fingerprint density at radius 1 is 1.35 bits per heavy atom. The Bertz CT molecular complexity index is 517. The fourth-order valence-corrected chi connectivity index (χ4v) is 1.72. The Labute approximate surface area is 175 Å². The van der Waals surface area contributed by atoms with Crippen LogP contribution in [0.5, 0.6) is 5.75 Å². The number of ether oxygens (including phenoxy) is 1. The molecule has 122 valence electrons. The zero-order valence-electron chi connectivity index (χ0n) is 13.1. The molecule has 1 N–H and O–H groups in total. The number of carbonyl (C=O) groups excluding carboxylic acids is 2. The molecular weight excluding hydrogens is 337 g/mol. The first-order valence-corrected chi connectivity index (χ1v) is 6.61. The van der Waals surface area contributed by atoms with E-state index in [4.69, 9.17) is 0 Å². The van der Waals surface area contributed by atoms with Crippen LogP contribution in [0.4, 0.5) is 13.6 Å². The van der Waals surface area contributed by atoms with Gasteiger partial charge in [-0.05, 0) is 18.1 Å². The van der Waals surface area contributed by atoms with Crippen molar-refractivity contribution in [2.75, 3.05) is 20.1 Å². The largest absolute Gasteiger partial charge is 1.00 e. The van der Waals surface area contributed by atoms with Crippen molar-refractivity contribution in [3.8, 4) is 5.75 Å². The summed E-state index contributed by atoms with van der Waals surface area (Å²) in [6.07, 6.45) is 0.0535. The summed E-state index contributed by atoms with van der Waals surface area (Å²) in [4.78, 5) is 23.2. The molecule has 0 saturated heterocycles. The molecule has 1 rings (SSSR count). The van der Waals surface area contributed by atoms with Crippen LogP contribution in [-0.2, 0) is 11.2 Å². The summed E-state index contributed by atoms with van der Waals surface area (Å²) < 4.78 is 28.9. The number of carboxylic acids is 1. The minimum absolute atomic E-state index is 0. The maximum absolute atomic E-state index is 12.3. The fraction of sp³-hybridized carbons (Fsp3) is 0.429. The summed E-state index contributed by atoms with van der Waals surface area (Å²) in [5.41, 5.74) is 0.542. The monoisotopic (exact) mass is 354 g/mol. The maximum Gasteiger partial charge on any atom is 1.00 e. The van der Waals surface area contributed by atoms with Gasteiger partial charge in [-0.1, -0.05) is 18.2 Å². The van der Waals surface area contributed by atoms with Crippen molar-refractivity contribution in [2.45, 2.75) is 19.5 Å². The van der Waals surface area contributed by atoms with Gasteiger partial charge in [0.25, 0.3) is 0 Å². The SMILES string of the molecule is CN(CCC(=O)[O-])C(=O)NCCc1ccccc1OC(F)F.[K+]. The molecule has 0 aromatic heterocycles. The van der Waals surface area contributed by atoms with Crippen LogP contribution in [0.25, 0.3) is 0 Å². The predicted octanol–water partition coefficient (Wildman–Crippen LogP) is -2.38. The molecule has 0 spiro atoms. The summed E-state index contributed by atoms with van der Waals surface area (Å²) in [5.74, 6) is -1.17. The molecule has 0 radical (unpaired) electrons. The average Bonchev–Trinajstić information content (AvgIpc) is 2.45. The zero-order valence-corrected chi connectivity index (χ0v) is 16.2. The number of nitrogens with one attached hydrogen (secondary N) is 1. The smallest absolute Gasteiger partial charge is 0.550 e. The number of alkyl halides is 2. The van der Waals surface area contributed by atoms with E-state index in [2.05, 4.69) is 10.1 Å². The second kappa shape index (κ2) is 11.7. The van der Waals surface area contributed by atoms with Crippen molar-refractivity contribution in [1.29, 1.82) is 0 Å². The van der Waals surface area contributed by atoms with Gasteiger partial charge in [-0.15, -0.1) is 0 Å². The molecule has 0 bridgehead atoms. The van der Waals surface area contributed by atoms with Crippen molar-refractivity contribution in [3.05, 3.63) is 29.8 Å². The third kappa shape index (κ3) is 9.21. The van der Waals surface area contributed by atoms with Crippen LogP contribution in [0, 0.1) is 0 Å². The van der Waals surface area contributed by atoms with Gasteiger partial charge in [-0.3, -0.25) is 0 Å². The van der Waals surface area contributed by atoms with Crippen molar-refractivity contribution in [2.24, 2.45) is 0 Å². The number of para-hydroxylation sites is 1. The number of halogens is 2. The first-order valence-electron chi connectivity index (χ1n) is 6.61. The van der Waals surface area contributed by atoms with Crippen LogP contribution < -0.4 is 66.5 Å². The van der Waals surface area contributed by atoms with Crippen LogP contribution >= 0.6 is 0 Å².